The normalized spacial score (nSPS) is 10.7. The molecule has 7 heteroatoms. The van der Waals surface area contributed by atoms with Crippen LogP contribution in [0.25, 0.3) is 10.6 Å². The summed E-state index contributed by atoms with van der Waals surface area (Å²) in [7, 11) is 0. The van der Waals surface area contributed by atoms with Crippen LogP contribution >= 0.6 is 11.3 Å². The van der Waals surface area contributed by atoms with Crippen LogP contribution in [0.2, 0.25) is 0 Å². The van der Waals surface area contributed by atoms with Crippen LogP contribution in [0.3, 0.4) is 0 Å². The lowest BCUT2D eigenvalue weighted by Gasteiger charge is -2.12. The van der Waals surface area contributed by atoms with Gasteiger partial charge < -0.3 is 14.6 Å². The zero-order valence-corrected chi connectivity index (χ0v) is 16.7. The Morgan fingerprint density at radius 2 is 2.00 bits per heavy atom. The van der Waals surface area contributed by atoms with Crippen molar-refractivity contribution in [2.24, 2.45) is 0 Å². The molecule has 0 saturated carbocycles. The number of hydrogen-bond acceptors (Lipinski definition) is 5. The fraction of sp³-hybridized carbons (Fsp3) is 0.136. The van der Waals surface area contributed by atoms with Crippen LogP contribution in [-0.4, -0.2) is 27.0 Å². The van der Waals surface area contributed by atoms with Crippen LogP contribution in [0, 0.1) is 6.92 Å². The fourth-order valence-electron chi connectivity index (χ4n) is 2.77. The highest BCUT2D eigenvalue weighted by atomic mass is 32.1. The van der Waals surface area contributed by atoms with Gasteiger partial charge in [0.2, 0.25) is 0 Å². The number of hydrogen-bond donors (Lipinski definition) is 1. The summed E-state index contributed by atoms with van der Waals surface area (Å²) in [4.78, 5) is 21.2. The van der Waals surface area contributed by atoms with Crippen molar-refractivity contribution < 1.29 is 9.53 Å². The maximum atomic E-state index is 12.7. The number of rotatable bonds is 7. The van der Waals surface area contributed by atoms with E-state index in [2.05, 4.69) is 15.3 Å². The second kappa shape index (κ2) is 8.70. The predicted molar refractivity (Wildman–Crippen MR) is 114 cm³/mol. The SMILES string of the molecule is Cc1ccc(-c2nc(C(=O)Nc3ccccc3OCCn3ccnc3)cs2)cc1. The summed E-state index contributed by atoms with van der Waals surface area (Å²) >= 11 is 1.45. The Kier molecular flexibility index (Phi) is 5.67. The van der Waals surface area contributed by atoms with Gasteiger partial charge in [0, 0.05) is 23.3 Å². The minimum atomic E-state index is -0.259. The average molecular weight is 404 g/mol. The number of anilines is 1. The van der Waals surface area contributed by atoms with Crippen LogP contribution in [-0.2, 0) is 6.54 Å². The number of para-hydroxylation sites is 2. The van der Waals surface area contributed by atoms with Gasteiger partial charge in [0.1, 0.15) is 23.1 Å². The van der Waals surface area contributed by atoms with Gasteiger partial charge in [0.05, 0.1) is 18.6 Å². The smallest absolute Gasteiger partial charge is 0.275 e. The van der Waals surface area contributed by atoms with E-state index in [1.165, 1.54) is 16.9 Å². The molecule has 0 aliphatic rings. The van der Waals surface area contributed by atoms with E-state index in [4.69, 9.17) is 4.74 Å². The quantitative estimate of drug-likeness (QED) is 0.487. The van der Waals surface area contributed by atoms with E-state index in [1.807, 2.05) is 66.2 Å². The van der Waals surface area contributed by atoms with Gasteiger partial charge in [-0.25, -0.2) is 9.97 Å². The van der Waals surface area contributed by atoms with Crippen LogP contribution in [0.15, 0.2) is 72.6 Å². The average Bonchev–Trinajstić information content (AvgIpc) is 3.42. The van der Waals surface area contributed by atoms with Crippen LogP contribution in [0.4, 0.5) is 5.69 Å². The number of nitrogens with one attached hydrogen (secondary N) is 1. The minimum absolute atomic E-state index is 0.259. The zero-order valence-electron chi connectivity index (χ0n) is 15.9. The second-order valence-corrected chi connectivity index (χ2v) is 7.36. The summed E-state index contributed by atoms with van der Waals surface area (Å²) < 4.78 is 7.79. The number of nitrogens with zero attached hydrogens (tertiary/aromatic N) is 3. The molecule has 0 bridgehead atoms. The summed E-state index contributed by atoms with van der Waals surface area (Å²) in [5.41, 5.74) is 3.20. The van der Waals surface area contributed by atoms with E-state index in [0.29, 0.717) is 30.3 Å². The van der Waals surface area contributed by atoms with Crippen molar-refractivity contribution in [3.63, 3.8) is 0 Å². The van der Waals surface area contributed by atoms with Gasteiger partial charge in [-0.15, -0.1) is 11.3 Å². The molecule has 0 unspecified atom stereocenters. The number of ether oxygens (including phenoxy) is 1. The van der Waals surface area contributed by atoms with Crippen molar-refractivity contribution in [2.45, 2.75) is 13.5 Å². The monoisotopic (exact) mass is 404 g/mol. The summed E-state index contributed by atoms with van der Waals surface area (Å²) in [5, 5.41) is 5.50. The number of benzene rings is 2. The lowest BCUT2D eigenvalue weighted by molar-refractivity contribution is 0.102. The third-order valence-corrected chi connectivity index (χ3v) is 5.23. The van der Waals surface area contributed by atoms with Crippen LogP contribution in [0.1, 0.15) is 16.1 Å². The van der Waals surface area contributed by atoms with E-state index in [-0.39, 0.29) is 5.91 Å². The molecular formula is C22H20N4O2S. The Hall–Kier alpha value is -3.45. The van der Waals surface area contributed by atoms with E-state index in [9.17, 15) is 4.79 Å². The minimum Gasteiger partial charge on any atom is -0.490 e. The third kappa shape index (κ3) is 4.70. The molecule has 4 rings (SSSR count). The summed E-state index contributed by atoms with van der Waals surface area (Å²) in [6, 6.07) is 15.5. The maximum Gasteiger partial charge on any atom is 0.275 e. The standard InChI is InChI=1S/C22H20N4O2S/c1-16-6-8-17(9-7-16)22-25-19(14-29-22)21(27)24-18-4-2-3-5-20(18)28-13-12-26-11-10-23-15-26/h2-11,14-15H,12-13H2,1H3,(H,24,27). The van der Waals surface area contributed by atoms with Crippen molar-refractivity contribution in [1.29, 1.82) is 0 Å². The molecule has 0 spiro atoms. The fourth-order valence-corrected chi connectivity index (χ4v) is 3.58. The highest BCUT2D eigenvalue weighted by molar-refractivity contribution is 7.13. The first-order chi connectivity index (χ1) is 14.2. The molecule has 1 amide bonds. The molecule has 0 saturated heterocycles. The largest absolute Gasteiger partial charge is 0.490 e. The molecule has 2 aromatic heterocycles. The highest BCUT2D eigenvalue weighted by Crippen LogP contribution is 2.27. The molecule has 0 aliphatic carbocycles. The second-order valence-electron chi connectivity index (χ2n) is 6.50. The Labute approximate surface area is 172 Å². The lowest BCUT2D eigenvalue weighted by Crippen LogP contribution is -2.14. The van der Waals surface area contributed by atoms with E-state index < -0.39 is 0 Å². The number of thiazole rings is 1. The lowest BCUT2D eigenvalue weighted by atomic mass is 10.2. The molecule has 0 atom stereocenters. The Morgan fingerprint density at radius 1 is 1.17 bits per heavy atom. The first kappa shape index (κ1) is 18.9. The molecular weight excluding hydrogens is 384 g/mol. The van der Waals surface area contributed by atoms with E-state index >= 15 is 0 Å². The molecule has 2 aromatic carbocycles. The van der Waals surface area contributed by atoms with Crippen molar-refractivity contribution in [2.75, 3.05) is 11.9 Å². The summed E-state index contributed by atoms with van der Waals surface area (Å²) in [6.45, 7) is 3.19. The number of imidazole rings is 1. The molecule has 0 fully saturated rings. The van der Waals surface area contributed by atoms with Gasteiger partial charge in [0.25, 0.3) is 5.91 Å². The molecule has 4 aromatic rings. The Bertz CT molecular complexity index is 1090. The van der Waals surface area contributed by atoms with Crippen LogP contribution < -0.4 is 10.1 Å². The van der Waals surface area contributed by atoms with Gasteiger partial charge in [-0.2, -0.15) is 0 Å². The molecule has 146 valence electrons. The van der Waals surface area contributed by atoms with Crippen molar-refractivity contribution in [3.05, 3.63) is 83.9 Å². The van der Waals surface area contributed by atoms with Gasteiger partial charge in [0.15, 0.2) is 0 Å². The molecule has 0 aliphatic heterocycles. The number of aryl methyl sites for hydroxylation is 1. The maximum absolute atomic E-state index is 12.7. The topological polar surface area (TPSA) is 69.0 Å². The molecule has 29 heavy (non-hydrogen) atoms. The number of carbonyl (C=O) groups excluding carboxylic acids is 1. The molecule has 2 heterocycles. The third-order valence-electron chi connectivity index (χ3n) is 4.34. The molecule has 1 N–H and O–H groups in total. The molecule has 0 radical (unpaired) electrons. The van der Waals surface area contributed by atoms with Crippen molar-refractivity contribution in [1.82, 2.24) is 14.5 Å². The van der Waals surface area contributed by atoms with Crippen LogP contribution in [0.5, 0.6) is 5.75 Å². The molecule has 6 nitrogen and oxygen atoms in total. The zero-order chi connectivity index (χ0) is 20.1. The first-order valence-electron chi connectivity index (χ1n) is 9.20. The Balaban J connectivity index is 1.42. The van der Waals surface area contributed by atoms with Gasteiger partial charge >= 0.3 is 0 Å². The highest BCUT2D eigenvalue weighted by Gasteiger charge is 2.14. The van der Waals surface area contributed by atoms with E-state index in [0.717, 1.165) is 10.6 Å². The summed E-state index contributed by atoms with van der Waals surface area (Å²) in [6.07, 6.45) is 5.35. The van der Waals surface area contributed by atoms with Crippen molar-refractivity contribution in [3.8, 4) is 16.3 Å². The Morgan fingerprint density at radius 3 is 2.79 bits per heavy atom. The van der Waals surface area contributed by atoms with Gasteiger partial charge in [-0.1, -0.05) is 42.0 Å². The van der Waals surface area contributed by atoms with E-state index in [1.54, 1.807) is 17.9 Å². The van der Waals surface area contributed by atoms with Crippen molar-refractivity contribution >= 4 is 22.9 Å². The number of amides is 1. The number of aromatic nitrogens is 3. The number of carbonyl (C=O) groups is 1. The van der Waals surface area contributed by atoms with Gasteiger partial charge in [-0.05, 0) is 19.1 Å². The predicted octanol–water partition coefficient (Wildman–Crippen LogP) is 4.65. The first-order valence-corrected chi connectivity index (χ1v) is 10.1. The van der Waals surface area contributed by atoms with Gasteiger partial charge in [-0.3, -0.25) is 4.79 Å². The summed E-state index contributed by atoms with van der Waals surface area (Å²) in [5.74, 6) is 0.361.